The van der Waals surface area contributed by atoms with Crippen molar-refractivity contribution in [3.05, 3.63) is 29.4 Å². The van der Waals surface area contributed by atoms with E-state index in [1.807, 2.05) is 25.7 Å². The summed E-state index contributed by atoms with van der Waals surface area (Å²) in [6.07, 6.45) is 2.54. The predicted molar refractivity (Wildman–Crippen MR) is 85.3 cm³/mol. The van der Waals surface area contributed by atoms with Crippen LogP contribution in [0, 0.1) is 6.92 Å². The van der Waals surface area contributed by atoms with Gasteiger partial charge in [0, 0.05) is 37.2 Å². The van der Waals surface area contributed by atoms with Crippen molar-refractivity contribution in [3.8, 4) is 0 Å². The molecule has 0 aliphatic carbocycles. The van der Waals surface area contributed by atoms with E-state index in [1.165, 1.54) is 0 Å². The lowest BCUT2D eigenvalue weighted by atomic mass is 10.1. The van der Waals surface area contributed by atoms with Gasteiger partial charge in [-0.3, -0.25) is 4.79 Å². The molecule has 3 heterocycles. The molecule has 24 heavy (non-hydrogen) atoms. The first-order valence-electron chi connectivity index (χ1n) is 8.25. The second-order valence-electron chi connectivity index (χ2n) is 6.33. The largest absolute Gasteiger partial charge is 0.377 e. The number of carbonyl (C=O) groups is 1. The molecular weight excluding hydrogens is 310 g/mol. The Morgan fingerprint density at radius 3 is 3.00 bits per heavy atom. The predicted octanol–water partition coefficient (Wildman–Crippen LogP) is 1.76. The van der Waals surface area contributed by atoms with Gasteiger partial charge in [0.25, 0.3) is 0 Å². The SMILES string of the molecule is Cc1cnc([C@H]2COCCN2C(=O)CCc2nc(C(C)C)no2)[nH]1. The fourth-order valence-electron chi connectivity index (χ4n) is 2.69. The molecule has 8 heteroatoms. The van der Waals surface area contributed by atoms with Crippen LogP contribution in [0.15, 0.2) is 10.7 Å². The molecule has 0 aromatic carbocycles. The Kier molecular flexibility index (Phi) is 4.94. The molecule has 1 amide bonds. The number of morpholine rings is 1. The minimum Gasteiger partial charge on any atom is -0.377 e. The van der Waals surface area contributed by atoms with Crippen molar-refractivity contribution in [2.24, 2.45) is 0 Å². The molecule has 1 aliphatic heterocycles. The Morgan fingerprint density at radius 1 is 1.50 bits per heavy atom. The lowest BCUT2D eigenvalue weighted by Crippen LogP contribution is -2.44. The van der Waals surface area contributed by atoms with Gasteiger partial charge in [-0.05, 0) is 6.92 Å². The number of nitrogens with zero attached hydrogens (tertiary/aromatic N) is 4. The van der Waals surface area contributed by atoms with Crippen LogP contribution in [0.4, 0.5) is 0 Å². The van der Waals surface area contributed by atoms with Gasteiger partial charge in [-0.25, -0.2) is 4.98 Å². The normalized spacial score (nSPS) is 18.3. The molecule has 0 radical (unpaired) electrons. The number of carbonyl (C=O) groups excluding carboxylic acids is 1. The number of ether oxygens (including phenoxy) is 1. The van der Waals surface area contributed by atoms with Crippen LogP contribution in [0.2, 0.25) is 0 Å². The van der Waals surface area contributed by atoms with Crippen molar-refractivity contribution in [1.29, 1.82) is 0 Å². The van der Waals surface area contributed by atoms with Gasteiger partial charge in [0.15, 0.2) is 5.82 Å². The van der Waals surface area contributed by atoms with Crippen molar-refractivity contribution in [1.82, 2.24) is 25.0 Å². The maximum absolute atomic E-state index is 12.6. The monoisotopic (exact) mass is 333 g/mol. The Hall–Kier alpha value is -2.22. The van der Waals surface area contributed by atoms with Gasteiger partial charge in [-0.1, -0.05) is 19.0 Å². The number of aryl methyl sites for hydroxylation is 2. The number of rotatable bonds is 5. The van der Waals surface area contributed by atoms with E-state index < -0.39 is 0 Å². The number of amides is 1. The number of imidazole rings is 1. The fraction of sp³-hybridized carbons (Fsp3) is 0.625. The zero-order chi connectivity index (χ0) is 17.1. The second-order valence-corrected chi connectivity index (χ2v) is 6.33. The molecular formula is C16H23N5O3. The molecule has 3 rings (SSSR count). The van der Waals surface area contributed by atoms with Crippen LogP contribution in [0.3, 0.4) is 0 Å². The molecule has 0 bridgehead atoms. The van der Waals surface area contributed by atoms with Crippen LogP contribution < -0.4 is 0 Å². The maximum Gasteiger partial charge on any atom is 0.227 e. The molecule has 1 N–H and O–H groups in total. The van der Waals surface area contributed by atoms with Crippen molar-refractivity contribution in [2.45, 2.75) is 45.6 Å². The van der Waals surface area contributed by atoms with Crippen molar-refractivity contribution >= 4 is 5.91 Å². The molecule has 1 fully saturated rings. The topological polar surface area (TPSA) is 97.1 Å². The molecule has 2 aromatic rings. The van der Waals surface area contributed by atoms with E-state index >= 15 is 0 Å². The quantitative estimate of drug-likeness (QED) is 0.895. The molecule has 1 saturated heterocycles. The third-order valence-electron chi connectivity index (χ3n) is 4.04. The zero-order valence-corrected chi connectivity index (χ0v) is 14.3. The average Bonchev–Trinajstić information content (AvgIpc) is 3.21. The summed E-state index contributed by atoms with van der Waals surface area (Å²) < 4.78 is 10.7. The Labute approximate surface area is 140 Å². The molecule has 0 saturated carbocycles. The van der Waals surface area contributed by atoms with Gasteiger partial charge in [0.2, 0.25) is 11.8 Å². The van der Waals surface area contributed by atoms with E-state index in [-0.39, 0.29) is 17.9 Å². The summed E-state index contributed by atoms with van der Waals surface area (Å²) in [4.78, 5) is 26.3. The maximum atomic E-state index is 12.6. The van der Waals surface area contributed by atoms with E-state index in [1.54, 1.807) is 6.20 Å². The summed E-state index contributed by atoms with van der Waals surface area (Å²) in [6.45, 7) is 7.50. The van der Waals surface area contributed by atoms with Gasteiger partial charge < -0.3 is 19.1 Å². The highest BCUT2D eigenvalue weighted by Gasteiger charge is 2.30. The highest BCUT2D eigenvalue weighted by atomic mass is 16.5. The summed E-state index contributed by atoms with van der Waals surface area (Å²) in [5, 5.41) is 3.93. The first kappa shape index (κ1) is 16.6. The fourth-order valence-corrected chi connectivity index (χ4v) is 2.69. The zero-order valence-electron chi connectivity index (χ0n) is 14.3. The number of aromatic nitrogens is 4. The minimum absolute atomic E-state index is 0.0432. The highest BCUT2D eigenvalue weighted by molar-refractivity contribution is 5.76. The van der Waals surface area contributed by atoms with Crippen LogP contribution in [0.5, 0.6) is 0 Å². The van der Waals surface area contributed by atoms with Gasteiger partial charge in [-0.2, -0.15) is 4.98 Å². The molecule has 1 atom stereocenters. The molecule has 130 valence electrons. The van der Waals surface area contributed by atoms with E-state index in [9.17, 15) is 4.79 Å². The van der Waals surface area contributed by atoms with Crippen LogP contribution in [-0.2, 0) is 16.0 Å². The highest BCUT2D eigenvalue weighted by Crippen LogP contribution is 2.23. The van der Waals surface area contributed by atoms with Crippen LogP contribution >= 0.6 is 0 Å². The second kappa shape index (κ2) is 7.12. The Bertz CT molecular complexity index is 693. The van der Waals surface area contributed by atoms with Gasteiger partial charge >= 0.3 is 0 Å². The molecule has 1 aliphatic rings. The van der Waals surface area contributed by atoms with Crippen LogP contribution in [0.25, 0.3) is 0 Å². The molecule has 2 aromatic heterocycles. The standard InChI is InChI=1S/C16H23N5O3/c1-10(2)15-19-13(24-20-15)4-5-14(22)21-6-7-23-9-12(21)16-17-8-11(3)18-16/h8,10,12H,4-7,9H2,1-3H3,(H,17,18)/t12-/m1/s1. The first-order valence-corrected chi connectivity index (χ1v) is 8.25. The van der Waals surface area contributed by atoms with Gasteiger partial charge in [0.05, 0.1) is 13.2 Å². The summed E-state index contributed by atoms with van der Waals surface area (Å²) >= 11 is 0. The summed E-state index contributed by atoms with van der Waals surface area (Å²) in [5.74, 6) is 2.20. The van der Waals surface area contributed by atoms with Crippen molar-refractivity contribution < 1.29 is 14.1 Å². The van der Waals surface area contributed by atoms with Crippen molar-refractivity contribution in [2.75, 3.05) is 19.8 Å². The summed E-state index contributed by atoms with van der Waals surface area (Å²) in [5.41, 5.74) is 0.968. The number of nitrogens with one attached hydrogen (secondary N) is 1. The minimum atomic E-state index is -0.172. The molecule has 0 spiro atoms. The molecule has 8 nitrogen and oxygen atoms in total. The summed E-state index contributed by atoms with van der Waals surface area (Å²) in [7, 11) is 0. The lowest BCUT2D eigenvalue weighted by molar-refractivity contribution is -0.140. The molecule has 0 unspecified atom stereocenters. The third-order valence-corrected chi connectivity index (χ3v) is 4.04. The van der Waals surface area contributed by atoms with E-state index in [0.29, 0.717) is 44.3 Å². The van der Waals surface area contributed by atoms with Gasteiger partial charge in [0.1, 0.15) is 11.9 Å². The average molecular weight is 333 g/mol. The first-order chi connectivity index (χ1) is 11.5. The van der Waals surface area contributed by atoms with E-state index in [0.717, 1.165) is 11.5 Å². The van der Waals surface area contributed by atoms with Gasteiger partial charge in [-0.15, -0.1) is 0 Å². The number of hydrogen-bond acceptors (Lipinski definition) is 6. The van der Waals surface area contributed by atoms with Crippen LogP contribution in [-0.4, -0.2) is 50.7 Å². The lowest BCUT2D eigenvalue weighted by Gasteiger charge is -2.34. The van der Waals surface area contributed by atoms with E-state index in [4.69, 9.17) is 9.26 Å². The third kappa shape index (κ3) is 3.64. The number of hydrogen-bond donors (Lipinski definition) is 1. The number of H-pyrrole nitrogens is 1. The van der Waals surface area contributed by atoms with Crippen LogP contribution in [0.1, 0.15) is 55.5 Å². The smallest absolute Gasteiger partial charge is 0.227 e. The van der Waals surface area contributed by atoms with Crippen molar-refractivity contribution in [3.63, 3.8) is 0 Å². The Morgan fingerprint density at radius 2 is 2.33 bits per heavy atom. The van der Waals surface area contributed by atoms with E-state index in [2.05, 4.69) is 20.1 Å². The summed E-state index contributed by atoms with van der Waals surface area (Å²) in [6, 6.07) is -0.172. The Balaban J connectivity index is 1.63. The number of aromatic amines is 1.